The van der Waals surface area contributed by atoms with Crippen LogP contribution in [0.5, 0.6) is 0 Å². The molecular weight excluding hydrogens is 168 g/mol. The molecule has 1 amide bonds. The number of nitriles is 1. The fourth-order valence-corrected chi connectivity index (χ4v) is 1.39. The Balaban J connectivity index is 2.43. The van der Waals surface area contributed by atoms with E-state index < -0.39 is 0 Å². The van der Waals surface area contributed by atoms with E-state index in [0.29, 0.717) is 13.0 Å². The van der Waals surface area contributed by atoms with Crippen LogP contribution in [0.2, 0.25) is 0 Å². The molecule has 0 spiro atoms. The van der Waals surface area contributed by atoms with Crippen molar-refractivity contribution in [2.45, 2.75) is 25.9 Å². The van der Waals surface area contributed by atoms with Gasteiger partial charge in [0.05, 0.1) is 18.6 Å². The van der Waals surface area contributed by atoms with Crippen molar-refractivity contribution in [1.82, 2.24) is 4.90 Å². The average Bonchev–Trinajstić information content (AvgIpc) is 2.12. The minimum absolute atomic E-state index is 0.0380. The van der Waals surface area contributed by atoms with Gasteiger partial charge in [0.25, 0.3) is 0 Å². The van der Waals surface area contributed by atoms with Crippen LogP contribution >= 0.6 is 0 Å². The highest BCUT2D eigenvalue weighted by molar-refractivity contribution is 5.78. The van der Waals surface area contributed by atoms with Gasteiger partial charge in [0.15, 0.2) is 0 Å². The highest BCUT2D eigenvalue weighted by Gasteiger charge is 2.24. The summed E-state index contributed by atoms with van der Waals surface area (Å²) in [6.07, 6.45) is 1.23. The highest BCUT2D eigenvalue weighted by atomic mass is 16.5. The van der Waals surface area contributed by atoms with Crippen LogP contribution in [0.1, 0.15) is 19.8 Å². The number of morpholine rings is 1. The van der Waals surface area contributed by atoms with Crippen LogP contribution in [-0.2, 0) is 9.53 Å². The van der Waals surface area contributed by atoms with E-state index in [1.54, 1.807) is 4.90 Å². The van der Waals surface area contributed by atoms with E-state index in [-0.39, 0.29) is 18.6 Å². The monoisotopic (exact) mass is 182 g/mol. The quantitative estimate of drug-likeness (QED) is 0.640. The van der Waals surface area contributed by atoms with Crippen molar-refractivity contribution >= 4 is 5.91 Å². The Morgan fingerprint density at radius 3 is 3.15 bits per heavy atom. The smallest absolute Gasteiger partial charge is 0.248 e. The molecule has 1 rings (SSSR count). The van der Waals surface area contributed by atoms with Crippen LogP contribution in [-0.4, -0.2) is 36.6 Å². The topological polar surface area (TPSA) is 53.3 Å². The van der Waals surface area contributed by atoms with Crippen molar-refractivity contribution in [3.8, 4) is 6.07 Å². The van der Waals surface area contributed by atoms with Crippen molar-refractivity contribution in [1.29, 1.82) is 5.26 Å². The normalized spacial score (nSPS) is 22.9. The second-order valence-corrected chi connectivity index (χ2v) is 3.14. The van der Waals surface area contributed by atoms with Crippen molar-refractivity contribution in [3.63, 3.8) is 0 Å². The van der Waals surface area contributed by atoms with Crippen LogP contribution in [0.15, 0.2) is 0 Å². The van der Waals surface area contributed by atoms with Gasteiger partial charge < -0.3 is 9.64 Å². The molecule has 1 aliphatic heterocycles. The van der Waals surface area contributed by atoms with Gasteiger partial charge in [-0.2, -0.15) is 5.26 Å². The van der Waals surface area contributed by atoms with E-state index in [4.69, 9.17) is 10.00 Å². The Kier molecular flexibility index (Phi) is 3.71. The zero-order valence-electron chi connectivity index (χ0n) is 7.82. The number of hydrogen-bond donors (Lipinski definition) is 0. The molecule has 1 aliphatic rings. The zero-order chi connectivity index (χ0) is 9.68. The Bertz CT molecular complexity index is 222. The molecule has 0 aromatic carbocycles. The van der Waals surface area contributed by atoms with Gasteiger partial charge in [-0.05, 0) is 6.42 Å². The van der Waals surface area contributed by atoms with Gasteiger partial charge in [-0.1, -0.05) is 6.92 Å². The molecule has 0 aromatic heterocycles. The van der Waals surface area contributed by atoms with Crippen LogP contribution in [0.4, 0.5) is 0 Å². The first-order chi connectivity index (χ1) is 6.27. The van der Waals surface area contributed by atoms with Crippen molar-refractivity contribution in [3.05, 3.63) is 0 Å². The largest absolute Gasteiger partial charge is 0.365 e. The molecule has 0 bridgehead atoms. The summed E-state index contributed by atoms with van der Waals surface area (Å²) in [7, 11) is 0. The molecule has 1 heterocycles. The second-order valence-electron chi connectivity index (χ2n) is 3.14. The van der Waals surface area contributed by atoms with E-state index in [1.807, 2.05) is 6.92 Å². The van der Waals surface area contributed by atoms with E-state index in [2.05, 4.69) is 6.07 Å². The molecule has 1 fully saturated rings. The number of amides is 1. The third-order valence-corrected chi connectivity index (χ3v) is 2.03. The predicted molar refractivity (Wildman–Crippen MR) is 46.8 cm³/mol. The van der Waals surface area contributed by atoms with Gasteiger partial charge in [0.2, 0.25) is 5.91 Å². The fourth-order valence-electron chi connectivity index (χ4n) is 1.39. The number of hydrogen-bond acceptors (Lipinski definition) is 3. The van der Waals surface area contributed by atoms with Gasteiger partial charge >= 0.3 is 0 Å². The maximum absolute atomic E-state index is 11.3. The Morgan fingerprint density at radius 2 is 2.54 bits per heavy atom. The molecule has 1 atom stereocenters. The standard InChI is InChI=1S/C9H14N2O2/c1-2-5-11-6-8(3-4-10)13-7-9(11)12/h8H,2-3,5-7H2,1H3. The van der Waals surface area contributed by atoms with E-state index in [0.717, 1.165) is 13.0 Å². The third kappa shape index (κ3) is 2.71. The lowest BCUT2D eigenvalue weighted by molar-refractivity contribution is -0.148. The third-order valence-electron chi connectivity index (χ3n) is 2.03. The maximum atomic E-state index is 11.3. The van der Waals surface area contributed by atoms with Crippen molar-refractivity contribution in [2.24, 2.45) is 0 Å². The molecular formula is C9H14N2O2. The van der Waals surface area contributed by atoms with Gasteiger partial charge in [-0.3, -0.25) is 4.79 Å². The molecule has 4 heteroatoms. The van der Waals surface area contributed by atoms with Crippen LogP contribution in [0.25, 0.3) is 0 Å². The number of carbonyl (C=O) groups is 1. The molecule has 0 aromatic rings. The molecule has 1 saturated heterocycles. The van der Waals surface area contributed by atoms with Crippen molar-refractivity contribution in [2.75, 3.05) is 19.7 Å². The fraction of sp³-hybridized carbons (Fsp3) is 0.778. The lowest BCUT2D eigenvalue weighted by atomic mass is 10.2. The SMILES string of the molecule is CCCN1CC(CC#N)OCC1=O. The molecule has 72 valence electrons. The summed E-state index contributed by atoms with van der Waals surface area (Å²) in [6.45, 7) is 3.50. The summed E-state index contributed by atoms with van der Waals surface area (Å²) in [5.41, 5.74) is 0. The second kappa shape index (κ2) is 4.83. The summed E-state index contributed by atoms with van der Waals surface area (Å²) in [6, 6.07) is 2.05. The molecule has 0 radical (unpaired) electrons. The van der Waals surface area contributed by atoms with Gasteiger partial charge in [0.1, 0.15) is 6.61 Å². The Labute approximate surface area is 78.1 Å². The molecule has 1 unspecified atom stereocenters. The molecule has 13 heavy (non-hydrogen) atoms. The van der Waals surface area contributed by atoms with Crippen LogP contribution in [0, 0.1) is 11.3 Å². The molecule has 0 saturated carbocycles. The van der Waals surface area contributed by atoms with E-state index in [1.165, 1.54) is 0 Å². The first-order valence-corrected chi connectivity index (χ1v) is 4.54. The lowest BCUT2D eigenvalue weighted by Gasteiger charge is -2.31. The summed E-state index contributed by atoms with van der Waals surface area (Å²) >= 11 is 0. The zero-order valence-corrected chi connectivity index (χ0v) is 7.82. The molecule has 0 N–H and O–H groups in total. The Hall–Kier alpha value is -1.08. The number of ether oxygens (including phenoxy) is 1. The molecule has 4 nitrogen and oxygen atoms in total. The average molecular weight is 182 g/mol. The minimum Gasteiger partial charge on any atom is -0.365 e. The number of nitrogens with zero attached hydrogens (tertiary/aromatic N) is 2. The summed E-state index contributed by atoms with van der Waals surface area (Å²) < 4.78 is 5.19. The van der Waals surface area contributed by atoms with Gasteiger partial charge in [0, 0.05) is 13.1 Å². The summed E-state index contributed by atoms with van der Waals surface area (Å²) in [5, 5.41) is 8.47. The maximum Gasteiger partial charge on any atom is 0.248 e. The lowest BCUT2D eigenvalue weighted by Crippen LogP contribution is -2.46. The van der Waals surface area contributed by atoms with Crippen molar-refractivity contribution < 1.29 is 9.53 Å². The highest BCUT2D eigenvalue weighted by Crippen LogP contribution is 2.09. The minimum atomic E-state index is -0.0887. The first-order valence-electron chi connectivity index (χ1n) is 4.54. The number of carbonyl (C=O) groups excluding carboxylic acids is 1. The molecule has 0 aliphatic carbocycles. The summed E-state index contributed by atoms with van der Waals surface area (Å²) in [5.74, 6) is 0.0380. The van der Waals surface area contributed by atoms with Crippen LogP contribution < -0.4 is 0 Å². The number of rotatable bonds is 3. The Morgan fingerprint density at radius 1 is 1.77 bits per heavy atom. The van der Waals surface area contributed by atoms with Gasteiger partial charge in [-0.25, -0.2) is 0 Å². The van der Waals surface area contributed by atoms with E-state index in [9.17, 15) is 4.79 Å². The summed E-state index contributed by atoms with van der Waals surface area (Å²) in [4.78, 5) is 13.0. The van der Waals surface area contributed by atoms with Crippen LogP contribution in [0.3, 0.4) is 0 Å². The van der Waals surface area contributed by atoms with E-state index >= 15 is 0 Å². The predicted octanol–water partition coefficient (Wildman–Crippen LogP) is 0.537. The van der Waals surface area contributed by atoms with Gasteiger partial charge in [-0.15, -0.1) is 0 Å². The first kappa shape index (κ1) is 10.0.